The van der Waals surface area contributed by atoms with E-state index in [1.807, 2.05) is 48.5 Å². The first kappa shape index (κ1) is 37.5. The minimum Gasteiger partial charge on any atom is -0.369 e. The minimum absolute atomic E-state index is 0. The third-order valence-corrected chi connectivity index (χ3v) is 6.07. The van der Waals surface area contributed by atoms with E-state index in [-0.39, 0.29) is 61.5 Å². The van der Waals surface area contributed by atoms with Crippen molar-refractivity contribution in [2.75, 3.05) is 0 Å². The number of hydrogen-bond donors (Lipinski definition) is 4. The predicted molar refractivity (Wildman–Crippen MR) is 191 cm³/mol. The van der Waals surface area contributed by atoms with Gasteiger partial charge in [0, 0.05) is 35.9 Å². The highest BCUT2D eigenvalue weighted by Crippen LogP contribution is 2.31. The van der Waals surface area contributed by atoms with Gasteiger partial charge in [-0.25, -0.2) is 20.8 Å². The highest BCUT2D eigenvalue weighted by Gasteiger charge is 2.11. The summed E-state index contributed by atoms with van der Waals surface area (Å²) in [5.41, 5.74) is 21.5. The third kappa shape index (κ3) is 9.78. The number of fused-ring (bicyclic) bond motifs is 2. The van der Waals surface area contributed by atoms with Crippen LogP contribution >= 0.6 is 49.6 Å². The molecule has 0 aliphatic carbocycles. The molecular weight excluding hydrogens is 642 g/mol. The lowest BCUT2D eigenvalue weighted by molar-refractivity contribution is 0.958. The second-order valence-electron chi connectivity index (χ2n) is 8.78. The number of nitrogens with zero attached hydrogens (tertiary/aromatic N) is 6. The fraction of sp³-hybridized carbons (Fsp3) is 0.0667. The summed E-state index contributed by atoms with van der Waals surface area (Å²) in [5.74, 6) is 0.428. The molecule has 0 spiro atoms. The van der Waals surface area contributed by atoms with E-state index in [4.69, 9.17) is 11.5 Å². The van der Waals surface area contributed by atoms with E-state index in [1.165, 1.54) is 0 Å². The SMILES string of the molecule is Cl.Cl.Cl.Cl.NC(=NCc1cccnc1)N/N=C/c1c2ccccc2c(/C=N/NC(N)=NCc2cccnc2)c2ccccc12. The van der Waals surface area contributed by atoms with Gasteiger partial charge in [-0.1, -0.05) is 60.7 Å². The number of benzene rings is 3. The molecule has 0 amide bonds. The molecule has 0 saturated heterocycles. The van der Waals surface area contributed by atoms with Crippen molar-refractivity contribution < 1.29 is 0 Å². The van der Waals surface area contributed by atoms with Crippen LogP contribution in [0.5, 0.6) is 0 Å². The molecule has 0 unspecified atom stereocenters. The van der Waals surface area contributed by atoms with Gasteiger partial charge in [0.1, 0.15) is 0 Å². The van der Waals surface area contributed by atoms with Crippen molar-refractivity contribution in [3.63, 3.8) is 0 Å². The highest BCUT2D eigenvalue weighted by atomic mass is 35.5. The van der Waals surface area contributed by atoms with Crippen LogP contribution in [0.4, 0.5) is 0 Å². The van der Waals surface area contributed by atoms with Crippen molar-refractivity contribution in [2.24, 2.45) is 31.7 Å². The summed E-state index contributed by atoms with van der Waals surface area (Å²) in [6, 6.07) is 23.8. The van der Waals surface area contributed by atoms with Gasteiger partial charge in [0.25, 0.3) is 0 Å². The molecule has 5 rings (SSSR count). The number of rotatable bonds is 8. The number of halogens is 4. The summed E-state index contributed by atoms with van der Waals surface area (Å²) in [6.45, 7) is 0.823. The van der Waals surface area contributed by atoms with Gasteiger partial charge in [0.2, 0.25) is 11.9 Å². The lowest BCUT2D eigenvalue weighted by Gasteiger charge is -2.12. The van der Waals surface area contributed by atoms with Crippen LogP contribution < -0.4 is 22.3 Å². The van der Waals surface area contributed by atoms with Crippen LogP contribution in [-0.4, -0.2) is 34.3 Å². The number of nitrogens with two attached hydrogens (primary N) is 2. The number of nitrogens with one attached hydrogen (secondary N) is 2. The van der Waals surface area contributed by atoms with Crippen LogP contribution in [-0.2, 0) is 13.1 Å². The zero-order chi connectivity index (χ0) is 27.6. The van der Waals surface area contributed by atoms with Crippen molar-refractivity contribution in [2.45, 2.75) is 13.1 Å². The number of hydrogen-bond acceptors (Lipinski definition) is 6. The summed E-state index contributed by atoms with van der Waals surface area (Å²) in [6.07, 6.45) is 10.5. The molecule has 0 saturated carbocycles. The first-order chi connectivity index (χ1) is 19.7. The number of pyridine rings is 2. The second-order valence-corrected chi connectivity index (χ2v) is 8.78. The molecule has 3 aromatic carbocycles. The molecule has 2 aromatic heterocycles. The molecule has 0 aliphatic rings. The van der Waals surface area contributed by atoms with Crippen LogP contribution in [0, 0.1) is 0 Å². The van der Waals surface area contributed by atoms with Gasteiger partial charge in [-0.3, -0.25) is 9.97 Å². The number of guanidine groups is 2. The Morgan fingerprint density at radius 2 is 0.932 bits per heavy atom. The monoisotopic (exact) mass is 672 g/mol. The summed E-state index contributed by atoms with van der Waals surface area (Å²) in [5, 5.41) is 12.8. The Kier molecular flexibility index (Phi) is 16.2. The topological polar surface area (TPSA) is 151 Å². The average molecular weight is 674 g/mol. The summed E-state index contributed by atoms with van der Waals surface area (Å²) in [7, 11) is 0. The molecule has 0 bridgehead atoms. The normalized spacial score (nSPS) is 11.4. The fourth-order valence-corrected chi connectivity index (χ4v) is 4.21. The Labute approximate surface area is 279 Å². The summed E-state index contributed by atoms with van der Waals surface area (Å²) >= 11 is 0. The average Bonchev–Trinajstić information content (AvgIpc) is 3.01. The first-order valence-electron chi connectivity index (χ1n) is 12.6. The molecule has 14 heteroatoms. The van der Waals surface area contributed by atoms with Crippen LogP contribution in [0.2, 0.25) is 0 Å². The largest absolute Gasteiger partial charge is 0.369 e. The van der Waals surface area contributed by atoms with Gasteiger partial charge in [0.15, 0.2) is 0 Å². The van der Waals surface area contributed by atoms with Gasteiger partial charge < -0.3 is 11.5 Å². The molecule has 10 nitrogen and oxygen atoms in total. The minimum atomic E-state index is 0. The Morgan fingerprint density at radius 3 is 1.25 bits per heavy atom. The molecule has 230 valence electrons. The van der Waals surface area contributed by atoms with E-state index in [9.17, 15) is 0 Å². The quantitative estimate of drug-likeness (QED) is 0.0755. The lowest BCUT2D eigenvalue weighted by Crippen LogP contribution is -2.27. The number of aromatic nitrogens is 2. The molecule has 0 fully saturated rings. The Morgan fingerprint density at radius 1 is 0.568 bits per heavy atom. The summed E-state index contributed by atoms with van der Waals surface area (Å²) < 4.78 is 0. The van der Waals surface area contributed by atoms with Crippen molar-refractivity contribution in [3.8, 4) is 0 Å². The molecular formula is C30H32Cl4N10. The highest BCUT2D eigenvalue weighted by molar-refractivity contribution is 6.21. The Bertz CT molecular complexity index is 1550. The summed E-state index contributed by atoms with van der Waals surface area (Å²) in [4.78, 5) is 16.8. The first-order valence-corrected chi connectivity index (χ1v) is 12.6. The Hall–Kier alpha value is -4.48. The van der Waals surface area contributed by atoms with Crippen LogP contribution in [0.3, 0.4) is 0 Å². The smallest absolute Gasteiger partial charge is 0.209 e. The zero-order valence-corrected chi connectivity index (χ0v) is 26.5. The van der Waals surface area contributed by atoms with Gasteiger partial charge in [0.05, 0.1) is 25.5 Å². The van der Waals surface area contributed by atoms with E-state index >= 15 is 0 Å². The van der Waals surface area contributed by atoms with Crippen LogP contribution in [0.25, 0.3) is 21.5 Å². The van der Waals surface area contributed by atoms with E-state index in [0.29, 0.717) is 13.1 Å². The molecule has 6 N–H and O–H groups in total. The second kappa shape index (κ2) is 18.9. The van der Waals surface area contributed by atoms with Crippen molar-refractivity contribution in [1.82, 2.24) is 20.8 Å². The van der Waals surface area contributed by atoms with Gasteiger partial charge in [-0.15, -0.1) is 49.6 Å². The molecule has 0 aliphatic heterocycles. The van der Waals surface area contributed by atoms with Crippen LogP contribution in [0.15, 0.2) is 118 Å². The number of aliphatic imine (C=N–C) groups is 2. The van der Waals surface area contributed by atoms with E-state index in [1.54, 1.807) is 37.2 Å². The van der Waals surface area contributed by atoms with Crippen molar-refractivity contribution >= 4 is 95.5 Å². The Balaban J connectivity index is 0.00000242. The third-order valence-electron chi connectivity index (χ3n) is 6.07. The van der Waals surface area contributed by atoms with Gasteiger partial charge in [-0.05, 0) is 44.8 Å². The zero-order valence-electron chi connectivity index (χ0n) is 23.3. The van der Waals surface area contributed by atoms with E-state index in [2.05, 4.69) is 65.3 Å². The predicted octanol–water partition coefficient (Wildman–Crippen LogP) is 5.35. The maximum Gasteiger partial charge on any atom is 0.209 e. The van der Waals surface area contributed by atoms with Crippen LogP contribution in [0.1, 0.15) is 22.3 Å². The fourth-order valence-electron chi connectivity index (χ4n) is 4.21. The van der Waals surface area contributed by atoms with E-state index < -0.39 is 0 Å². The molecule has 0 radical (unpaired) electrons. The van der Waals surface area contributed by atoms with Crippen molar-refractivity contribution in [1.29, 1.82) is 0 Å². The van der Waals surface area contributed by atoms with Crippen molar-refractivity contribution in [3.05, 3.63) is 120 Å². The molecule has 44 heavy (non-hydrogen) atoms. The van der Waals surface area contributed by atoms with E-state index in [0.717, 1.165) is 43.8 Å². The molecule has 0 atom stereocenters. The number of hydrazone groups is 2. The standard InChI is InChI=1S/C30H28N10.4ClH/c31-29(35-17-21-7-5-13-33-15-21)39-37-19-27-23-9-1-2-10-24(23)28(26-12-4-3-11-25(26)27)20-38-40-30(32)36-18-22-8-6-14-34-16-22;;;;/h1-16,19-20H,17-18H2,(H3,31,35,39)(H3,32,36,40);4*1H/b37-19+,38-20+;;;;. The lowest BCUT2D eigenvalue weighted by atomic mass is 9.92. The maximum absolute atomic E-state index is 6.03. The van der Waals surface area contributed by atoms with Gasteiger partial charge in [-0.2, -0.15) is 10.2 Å². The maximum atomic E-state index is 6.03. The van der Waals surface area contributed by atoms with Gasteiger partial charge >= 0.3 is 0 Å². The molecule has 5 aromatic rings. The molecule has 2 heterocycles.